The van der Waals surface area contributed by atoms with E-state index in [1.807, 2.05) is 0 Å². The van der Waals surface area contributed by atoms with Crippen molar-refractivity contribution in [2.45, 2.75) is 6.18 Å². The van der Waals surface area contributed by atoms with Crippen molar-refractivity contribution >= 4 is 27.6 Å². The van der Waals surface area contributed by atoms with Gasteiger partial charge in [0.05, 0.1) is 10.9 Å². The van der Waals surface area contributed by atoms with Gasteiger partial charge in [0.2, 0.25) is 0 Å². The number of aromatic amines is 1. The predicted molar refractivity (Wildman–Crippen MR) is 61.8 cm³/mol. The first-order valence-electron chi connectivity index (χ1n) is 5.32. The molecule has 7 heteroatoms. The van der Waals surface area contributed by atoms with Gasteiger partial charge in [0, 0.05) is 11.6 Å². The molecule has 1 N–H and O–H groups in total. The Morgan fingerprint density at radius 1 is 1.16 bits per heavy atom. The Morgan fingerprint density at radius 3 is 2.63 bits per heavy atom. The first-order chi connectivity index (χ1) is 8.98. The molecule has 2 aromatic heterocycles. The second kappa shape index (κ2) is 3.78. The lowest BCUT2D eigenvalue weighted by Crippen LogP contribution is -2.23. The average molecular weight is 265 g/mol. The minimum atomic E-state index is -4.94. The Balaban J connectivity index is 2.31. The van der Waals surface area contributed by atoms with Crippen LogP contribution in [-0.2, 0) is 0 Å². The van der Waals surface area contributed by atoms with Crippen molar-refractivity contribution in [3.8, 4) is 0 Å². The maximum atomic E-state index is 12.4. The molecule has 0 fully saturated rings. The van der Waals surface area contributed by atoms with Crippen LogP contribution in [0.3, 0.4) is 0 Å². The van der Waals surface area contributed by atoms with Gasteiger partial charge < -0.3 is 0 Å². The number of pyridine rings is 1. The lowest BCUT2D eigenvalue weighted by atomic mass is 10.1. The van der Waals surface area contributed by atoms with E-state index < -0.39 is 17.7 Å². The van der Waals surface area contributed by atoms with Crippen LogP contribution in [-0.4, -0.2) is 27.1 Å². The fourth-order valence-electron chi connectivity index (χ4n) is 1.92. The minimum Gasteiger partial charge on any atom is -0.282 e. The smallest absolute Gasteiger partial charge is 0.282 e. The highest BCUT2D eigenvalue weighted by molar-refractivity contribution is 6.13. The van der Waals surface area contributed by atoms with E-state index in [1.54, 1.807) is 24.3 Å². The molecular weight excluding hydrogens is 259 g/mol. The molecule has 3 rings (SSSR count). The van der Waals surface area contributed by atoms with Crippen LogP contribution in [0.15, 0.2) is 30.5 Å². The summed E-state index contributed by atoms with van der Waals surface area (Å²) in [6, 6.07) is 6.89. The third kappa shape index (κ3) is 1.74. The maximum absolute atomic E-state index is 12.4. The number of aromatic nitrogens is 3. The third-order valence-corrected chi connectivity index (χ3v) is 2.78. The standard InChI is InChI=1S/C12H6F3N3O/c13-12(14,15)11(19)10-7-5-16-8-4-2-1-3-6(8)9(7)17-18-10/h1-5H,(H,17,18). The second-order valence-corrected chi connectivity index (χ2v) is 3.96. The molecule has 0 atom stereocenters. The van der Waals surface area contributed by atoms with Crippen molar-refractivity contribution in [3.63, 3.8) is 0 Å². The van der Waals surface area contributed by atoms with Crippen LogP contribution in [0.25, 0.3) is 21.8 Å². The summed E-state index contributed by atoms with van der Waals surface area (Å²) in [4.78, 5) is 15.3. The highest BCUT2D eigenvalue weighted by Gasteiger charge is 2.41. The summed E-state index contributed by atoms with van der Waals surface area (Å²) in [5.41, 5.74) is 0.325. The zero-order chi connectivity index (χ0) is 13.6. The Bertz CT molecular complexity index is 792. The molecule has 0 radical (unpaired) electrons. The molecule has 2 heterocycles. The summed E-state index contributed by atoms with van der Waals surface area (Å²) in [5.74, 6) is -1.95. The van der Waals surface area contributed by atoms with Crippen molar-refractivity contribution < 1.29 is 18.0 Å². The van der Waals surface area contributed by atoms with Crippen LogP contribution in [0.1, 0.15) is 10.5 Å². The van der Waals surface area contributed by atoms with E-state index in [-0.39, 0.29) is 5.39 Å². The molecule has 0 unspecified atom stereocenters. The van der Waals surface area contributed by atoms with Gasteiger partial charge in [-0.15, -0.1) is 0 Å². The van der Waals surface area contributed by atoms with Gasteiger partial charge in [-0.3, -0.25) is 14.9 Å². The number of alkyl halides is 3. The number of H-pyrrole nitrogens is 1. The molecule has 0 aliphatic carbocycles. The number of hydrogen-bond donors (Lipinski definition) is 1. The Labute approximate surface area is 104 Å². The van der Waals surface area contributed by atoms with Crippen molar-refractivity contribution in [1.29, 1.82) is 0 Å². The number of rotatable bonds is 1. The molecule has 0 saturated heterocycles. The molecule has 0 amide bonds. The summed E-state index contributed by atoms with van der Waals surface area (Å²) < 4.78 is 37.3. The average Bonchev–Trinajstić information content (AvgIpc) is 2.80. The van der Waals surface area contributed by atoms with Crippen molar-refractivity contribution in [2.75, 3.05) is 0 Å². The van der Waals surface area contributed by atoms with Crippen LogP contribution in [0, 0.1) is 0 Å². The van der Waals surface area contributed by atoms with Crippen molar-refractivity contribution in [3.05, 3.63) is 36.2 Å². The summed E-state index contributed by atoms with van der Waals surface area (Å²) in [5, 5.41) is 6.61. The van der Waals surface area contributed by atoms with Crippen LogP contribution in [0.5, 0.6) is 0 Å². The molecule has 1 aromatic carbocycles. The zero-order valence-electron chi connectivity index (χ0n) is 9.32. The van der Waals surface area contributed by atoms with Gasteiger partial charge in [0.1, 0.15) is 11.2 Å². The molecule has 0 aliphatic rings. The van der Waals surface area contributed by atoms with E-state index >= 15 is 0 Å². The molecule has 0 aliphatic heterocycles. The number of carbonyl (C=O) groups is 1. The lowest BCUT2D eigenvalue weighted by molar-refractivity contribution is -0.0887. The monoisotopic (exact) mass is 265 g/mol. The van der Waals surface area contributed by atoms with Gasteiger partial charge in [-0.1, -0.05) is 18.2 Å². The van der Waals surface area contributed by atoms with Crippen molar-refractivity contribution in [1.82, 2.24) is 15.2 Å². The Kier molecular flexibility index (Phi) is 2.31. The highest BCUT2D eigenvalue weighted by Crippen LogP contribution is 2.28. The maximum Gasteiger partial charge on any atom is 0.456 e. The molecule has 19 heavy (non-hydrogen) atoms. The van der Waals surface area contributed by atoms with Gasteiger partial charge in [0.25, 0.3) is 5.78 Å². The number of hydrogen-bond acceptors (Lipinski definition) is 3. The number of halogens is 3. The molecule has 0 saturated carbocycles. The second-order valence-electron chi connectivity index (χ2n) is 3.96. The molecule has 96 valence electrons. The van der Waals surface area contributed by atoms with Crippen LogP contribution < -0.4 is 0 Å². The molecule has 0 bridgehead atoms. The number of nitrogens with one attached hydrogen (secondary N) is 1. The summed E-state index contributed by atoms with van der Waals surface area (Å²) in [6.07, 6.45) is -3.72. The van der Waals surface area contributed by atoms with E-state index in [2.05, 4.69) is 15.2 Å². The van der Waals surface area contributed by atoms with Gasteiger partial charge in [0.15, 0.2) is 0 Å². The fourth-order valence-corrected chi connectivity index (χ4v) is 1.92. The van der Waals surface area contributed by atoms with Crippen LogP contribution in [0.2, 0.25) is 0 Å². The normalized spacial score (nSPS) is 12.2. The first-order valence-corrected chi connectivity index (χ1v) is 5.32. The molecular formula is C12H6F3N3O. The quantitative estimate of drug-likeness (QED) is 0.688. The van der Waals surface area contributed by atoms with E-state index in [0.717, 1.165) is 0 Å². The first kappa shape index (κ1) is 11.6. The van der Waals surface area contributed by atoms with E-state index in [1.165, 1.54) is 6.20 Å². The third-order valence-electron chi connectivity index (χ3n) is 2.78. The van der Waals surface area contributed by atoms with Crippen molar-refractivity contribution in [2.24, 2.45) is 0 Å². The van der Waals surface area contributed by atoms with Crippen LogP contribution >= 0.6 is 0 Å². The predicted octanol–water partition coefficient (Wildman–Crippen LogP) is 2.86. The summed E-state index contributed by atoms with van der Waals surface area (Å²) in [6.45, 7) is 0. The zero-order valence-corrected chi connectivity index (χ0v) is 9.32. The number of nitrogens with zero attached hydrogens (tertiary/aromatic N) is 2. The molecule has 3 aromatic rings. The van der Waals surface area contributed by atoms with E-state index in [0.29, 0.717) is 16.4 Å². The van der Waals surface area contributed by atoms with E-state index in [4.69, 9.17) is 0 Å². The van der Waals surface area contributed by atoms with Crippen LogP contribution in [0.4, 0.5) is 13.2 Å². The van der Waals surface area contributed by atoms with Gasteiger partial charge in [-0.2, -0.15) is 18.3 Å². The lowest BCUT2D eigenvalue weighted by Gasteiger charge is -2.03. The summed E-state index contributed by atoms with van der Waals surface area (Å²) in [7, 11) is 0. The SMILES string of the molecule is O=C(c1[nH]nc2c1cnc1ccccc12)C(F)(F)F. The number of carbonyl (C=O) groups excluding carboxylic acids is 1. The summed E-state index contributed by atoms with van der Waals surface area (Å²) >= 11 is 0. The molecule has 0 spiro atoms. The largest absolute Gasteiger partial charge is 0.456 e. The number of benzene rings is 1. The van der Waals surface area contributed by atoms with Gasteiger partial charge >= 0.3 is 6.18 Å². The number of Topliss-reactive ketones (excluding diaryl/α,β-unsaturated/α-hetero) is 1. The Morgan fingerprint density at radius 2 is 1.89 bits per heavy atom. The fraction of sp³-hybridized carbons (Fsp3) is 0.0833. The molecule has 4 nitrogen and oxygen atoms in total. The topological polar surface area (TPSA) is 58.6 Å². The minimum absolute atomic E-state index is 0.0704. The Hall–Kier alpha value is -2.44. The highest BCUT2D eigenvalue weighted by atomic mass is 19.4. The van der Waals surface area contributed by atoms with Gasteiger partial charge in [-0.05, 0) is 6.07 Å². The van der Waals surface area contributed by atoms with E-state index in [9.17, 15) is 18.0 Å². The van der Waals surface area contributed by atoms with Gasteiger partial charge in [-0.25, -0.2) is 0 Å². The number of ketones is 1. The number of para-hydroxylation sites is 1. The number of fused-ring (bicyclic) bond motifs is 3.